The molecule has 2 aromatic heterocycles. The minimum Gasteiger partial charge on any atom is -0.338 e. The van der Waals surface area contributed by atoms with Crippen LogP contribution in [-0.4, -0.2) is 56.7 Å². The number of carbonyl (C=O) groups is 1. The number of rotatable bonds is 5. The lowest BCUT2D eigenvalue weighted by Crippen LogP contribution is -2.42. The molecule has 0 unspecified atom stereocenters. The van der Waals surface area contributed by atoms with Gasteiger partial charge in [0.25, 0.3) is 5.91 Å². The zero-order valence-corrected chi connectivity index (χ0v) is 15.9. The second kappa shape index (κ2) is 7.20. The van der Waals surface area contributed by atoms with Crippen LogP contribution in [0.1, 0.15) is 41.6 Å². The summed E-state index contributed by atoms with van der Waals surface area (Å²) < 4.78 is 30.8. The van der Waals surface area contributed by atoms with Crippen LogP contribution in [-0.2, 0) is 23.3 Å². The fourth-order valence-corrected chi connectivity index (χ4v) is 5.54. The maximum Gasteiger partial charge on any atom is 0.267 e. The molecule has 0 aromatic carbocycles. The SMILES string of the molecule is CCCc1nnsc1C(=O)N1CCC(S(=O)(=O)c2nccn2C)CC1. The van der Waals surface area contributed by atoms with Gasteiger partial charge in [0.15, 0.2) is 0 Å². The fraction of sp³-hybridized carbons (Fsp3) is 0.600. The van der Waals surface area contributed by atoms with Crippen LogP contribution in [0.15, 0.2) is 17.6 Å². The van der Waals surface area contributed by atoms with E-state index in [-0.39, 0.29) is 11.1 Å². The Kier molecular flexibility index (Phi) is 5.19. The molecule has 1 fully saturated rings. The monoisotopic (exact) mass is 383 g/mol. The molecule has 1 aliphatic heterocycles. The molecule has 0 aliphatic carbocycles. The van der Waals surface area contributed by atoms with Gasteiger partial charge < -0.3 is 9.47 Å². The second-order valence-electron chi connectivity index (χ2n) is 6.16. The first-order valence-corrected chi connectivity index (χ1v) is 10.6. The molecule has 0 N–H and O–H groups in total. The van der Waals surface area contributed by atoms with E-state index in [0.717, 1.165) is 30.1 Å². The number of aryl methyl sites for hydroxylation is 2. The summed E-state index contributed by atoms with van der Waals surface area (Å²) in [6.45, 7) is 2.86. The molecular weight excluding hydrogens is 362 g/mol. The Morgan fingerprint density at radius 1 is 1.36 bits per heavy atom. The first-order valence-electron chi connectivity index (χ1n) is 8.26. The van der Waals surface area contributed by atoms with Gasteiger partial charge in [-0.15, -0.1) is 5.10 Å². The molecule has 0 spiro atoms. The van der Waals surface area contributed by atoms with E-state index in [1.165, 1.54) is 10.8 Å². The highest BCUT2D eigenvalue weighted by Gasteiger charge is 2.35. The van der Waals surface area contributed by atoms with E-state index in [0.29, 0.717) is 30.8 Å². The smallest absolute Gasteiger partial charge is 0.267 e. The topological polar surface area (TPSA) is 98.1 Å². The molecule has 1 aliphatic rings. The summed E-state index contributed by atoms with van der Waals surface area (Å²) in [6.07, 6.45) is 5.55. The fourth-order valence-electron chi connectivity index (χ4n) is 3.06. The van der Waals surface area contributed by atoms with Gasteiger partial charge >= 0.3 is 0 Å². The van der Waals surface area contributed by atoms with E-state index in [4.69, 9.17) is 0 Å². The van der Waals surface area contributed by atoms with Crippen molar-refractivity contribution in [1.82, 2.24) is 24.0 Å². The van der Waals surface area contributed by atoms with Crippen molar-refractivity contribution in [3.8, 4) is 0 Å². The van der Waals surface area contributed by atoms with Gasteiger partial charge in [0.2, 0.25) is 15.0 Å². The third kappa shape index (κ3) is 3.45. The van der Waals surface area contributed by atoms with E-state index < -0.39 is 15.1 Å². The maximum atomic E-state index is 12.7. The first-order chi connectivity index (χ1) is 11.9. The highest BCUT2D eigenvalue weighted by Crippen LogP contribution is 2.25. The van der Waals surface area contributed by atoms with Gasteiger partial charge in [0, 0.05) is 32.5 Å². The van der Waals surface area contributed by atoms with Crippen LogP contribution in [0.2, 0.25) is 0 Å². The van der Waals surface area contributed by atoms with Crippen LogP contribution in [0.25, 0.3) is 0 Å². The van der Waals surface area contributed by atoms with E-state index in [1.807, 2.05) is 6.92 Å². The maximum absolute atomic E-state index is 12.7. The number of piperidine rings is 1. The lowest BCUT2D eigenvalue weighted by Gasteiger charge is -2.31. The number of aromatic nitrogens is 4. The molecule has 25 heavy (non-hydrogen) atoms. The van der Waals surface area contributed by atoms with Gasteiger partial charge in [0.05, 0.1) is 10.9 Å². The third-order valence-electron chi connectivity index (χ3n) is 4.44. The van der Waals surface area contributed by atoms with Gasteiger partial charge in [-0.3, -0.25) is 4.79 Å². The number of nitrogens with zero attached hydrogens (tertiary/aromatic N) is 5. The minimum atomic E-state index is -3.48. The molecule has 3 heterocycles. The predicted molar refractivity (Wildman–Crippen MR) is 93.2 cm³/mol. The van der Waals surface area contributed by atoms with E-state index in [9.17, 15) is 13.2 Å². The van der Waals surface area contributed by atoms with Crippen molar-refractivity contribution in [3.63, 3.8) is 0 Å². The summed E-state index contributed by atoms with van der Waals surface area (Å²) in [6, 6.07) is 0. The molecule has 3 rings (SSSR count). The van der Waals surface area contributed by atoms with Gasteiger partial charge in [-0.25, -0.2) is 13.4 Å². The summed E-state index contributed by atoms with van der Waals surface area (Å²) in [7, 11) is -1.81. The lowest BCUT2D eigenvalue weighted by molar-refractivity contribution is 0.0729. The summed E-state index contributed by atoms with van der Waals surface area (Å²) in [5.41, 5.74) is 0.736. The molecule has 1 amide bonds. The average molecular weight is 383 g/mol. The molecule has 10 heteroatoms. The van der Waals surface area contributed by atoms with Crippen molar-refractivity contribution in [3.05, 3.63) is 23.0 Å². The Labute approximate surface area is 151 Å². The number of hydrogen-bond acceptors (Lipinski definition) is 7. The van der Waals surface area contributed by atoms with Crippen LogP contribution < -0.4 is 0 Å². The zero-order chi connectivity index (χ0) is 18.0. The number of likely N-dealkylation sites (tertiary alicyclic amines) is 1. The normalized spacial score (nSPS) is 16.3. The Bertz CT molecular complexity index is 850. The van der Waals surface area contributed by atoms with Crippen LogP contribution in [0.4, 0.5) is 0 Å². The molecule has 136 valence electrons. The van der Waals surface area contributed by atoms with E-state index in [1.54, 1.807) is 18.1 Å². The quantitative estimate of drug-likeness (QED) is 0.772. The second-order valence-corrected chi connectivity index (χ2v) is 9.03. The molecular formula is C15H21N5O3S2. The van der Waals surface area contributed by atoms with Crippen molar-refractivity contribution in [2.75, 3.05) is 13.1 Å². The number of sulfone groups is 1. The molecule has 2 aromatic rings. The molecule has 0 saturated carbocycles. The van der Waals surface area contributed by atoms with Crippen molar-refractivity contribution in [2.24, 2.45) is 7.05 Å². The van der Waals surface area contributed by atoms with E-state index >= 15 is 0 Å². The summed E-state index contributed by atoms with van der Waals surface area (Å²) in [5, 5.41) is 3.62. The summed E-state index contributed by atoms with van der Waals surface area (Å²) in [5.74, 6) is -0.0914. The van der Waals surface area contributed by atoms with Crippen LogP contribution >= 0.6 is 11.5 Å². The van der Waals surface area contributed by atoms with Gasteiger partial charge in [-0.05, 0) is 30.8 Å². The Balaban J connectivity index is 1.69. The summed E-state index contributed by atoms with van der Waals surface area (Å²) in [4.78, 5) is 18.9. The number of imidazole rings is 1. The van der Waals surface area contributed by atoms with Crippen molar-refractivity contribution in [1.29, 1.82) is 0 Å². The van der Waals surface area contributed by atoms with Crippen molar-refractivity contribution in [2.45, 2.75) is 43.0 Å². The third-order valence-corrected chi connectivity index (χ3v) is 7.44. The molecule has 0 radical (unpaired) electrons. The predicted octanol–water partition coefficient (Wildman–Crippen LogP) is 1.30. The first kappa shape index (κ1) is 18.0. The number of hydrogen-bond donors (Lipinski definition) is 0. The number of carbonyl (C=O) groups excluding carboxylic acids is 1. The van der Waals surface area contributed by atoms with Crippen LogP contribution in [0.3, 0.4) is 0 Å². The van der Waals surface area contributed by atoms with Gasteiger partial charge in [-0.1, -0.05) is 17.8 Å². The Hall–Kier alpha value is -1.81. The lowest BCUT2D eigenvalue weighted by atomic mass is 10.1. The van der Waals surface area contributed by atoms with Gasteiger partial charge in [-0.2, -0.15) is 0 Å². The van der Waals surface area contributed by atoms with Crippen LogP contribution in [0.5, 0.6) is 0 Å². The van der Waals surface area contributed by atoms with Crippen molar-refractivity contribution >= 4 is 27.3 Å². The molecule has 0 atom stereocenters. The van der Waals surface area contributed by atoms with E-state index in [2.05, 4.69) is 14.6 Å². The van der Waals surface area contributed by atoms with Crippen LogP contribution in [0, 0.1) is 0 Å². The average Bonchev–Trinajstić information content (AvgIpc) is 3.24. The standard InChI is InChI=1S/C15H21N5O3S2/c1-3-4-12-13(24-18-17-12)14(21)20-8-5-11(6-9-20)25(22,23)15-16-7-10-19(15)2/h7,10-11H,3-6,8-9H2,1-2H3. The zero-order valence-electron chi connectivity index (χ0n) is 14.3. The molecule has 1 saturated heterocycles. The summed E-state index contributed by atoms with van der Waals surface area (Å²) >= 11 is 1.11. The number of amides is 1. The minimum absolute atomic E-state index is 0.0914. The molecule has 8 nitrogen and oxygen atoms in total. The van der Waals surface area contributed by atoms with Gasteiger partial charge in [0.1, 0.15) is 4.88 Å². The highest BCUT2D eigenvalue weighted by atomic mass is 32.2. The van der Waals surface area contributed by atoms with Crippen molar-refractivity contribution < 1.29 is 13.2 Å². The Morgan fingerprint density at radius 2 is 2.08 bits per heavy atom. The molecule has 0 bridgehead atoms. The largest absolute Gasteiger partial charge is 0.338 e. The Morgan fingerprint density at radius 3 is 2.68 bits per heavy atom. The highest BCUT2D eigenvalue weighted by molar-refractivity contribution is 7.91.